The van der Waals surface area contributed by atoms with Crippen molar-refractivity contribution < 1.29 is 14.5 Å². The molecule has 0 heterocycles. The fourth-order valence-corrected chi connectivity index (χ4v) is 3.25. The van der Waals surface area contributed by atoms with E-state index in [1.807, 2.05) is 19.9 Å². The standard InChI is InChI=1S/C18H17BrCl2N2O4/c1-10-8-15(17(19)11(2)18(10)21)27-7-3-4-16(24)22-12-5-6-13(20)14(9-12)23(25)26/h5-6,8-9H,3-4,7H2,1-2H3,(H,22,24). The lowest BCUT2D eigenvalue weighted by molar-refractivity contribution is -0.384. The maximum Gasteiger partial charge on any atom is 0.289 e. The van der Waals surface area contributed by atoms with Crippen molar-refractivity contribution in [1.29, 1.82) is 0 Å². The lowest BCUT2D eigenvalue weighted by Crippen LogP contribution is -2.13. The van der Waals surface area contributed by atoms with E-state index in [2.05, 4.69) is 21.2 Å². The second-order valence-corrected chi connectivity index (χ2v) is 7.45. The van der Waals surface area contributed by atoms with Crippen LogP contribution in [0.4, 0.5) is 11.4 Å². The molecule has 27 heavy (non-hydrogen) atoms. The summed E-state index contributed by atoms with van der Waals surface area (Å²) in [6.07, 6.45) is 0.689. The molecule has 1 N–H and O–H groups in total. The number of hydrogen-bond donors (Lipinski definition) is 1. The molecule has 0 spiro atoms. The van der Waals surface area contributed by atoms with Gasteiger partial charge in [-0.25, -0.2) is 0 Å². The van der Waals surface area contributed by atoms with E-state index in [4.69, 9.17) is 27.9 Å². The highest BCUT2D eigenvalue weighted by Crippen LogP contribution is 2.35. The van der Waals surface area contributed by atoms with Gasteiger partial charge in [-0.15, -0.1) is 0 Å². The van der Waals surface area contributed by atoms with Crippen LogP contribution in [0, 0.1) is 24.0 Å². The number of nitro benzene ring substituents is 1. The smallest absolute Gasteiger partial charge is 0.289 e. The van der Waals surface area contributed by atoms with Crippen LogP contribution < -0.4 is 10.1 Å². The van der Waals surface area contributed by atoms with Crippen LogP contribution in [0.2, 0.25) is 10.0 Å². The number of nitro groups is 1. The first kappa shape index (κ1) is 21.5. The topological polar surface area (TPSA) is 81.5 Å². The summed E-state index contributed by atoms with van der Waals surface area (Å²) in [6, 6.07) is 5.96. The number of nitrogens with one attached hydrogen (secondary N) is 1. The van der Waals surface area contributed by atoms with Crippen molar-refractivity contribution in [3.63, 3.8) is 0 Å². The fraction of sp³-hybridized carbons (Fsp3) is 0.278. The Morgan fingerprint density at radius 3 is 2.67 bits per heavy atom. The Hall–Kier alpha value is -1.83. The Balaban J connectivity index is 1.87. The molecule has 0 unspecified atom stereocenters. The van der Waals surface area contributed by atoms with Crippen molar-refractivity contribution in [1.82, 2.24) is 0 Å². The molecule has 0 fully saturated rings. The summed E-state index contributed by atoms with van der Waals surface area (Å²) >= 11 is 15.4. The van der Waals surface area contributed by atoms with Gasteiger partial charge in [0.05, 0.1) is 16.0 Å². The summed E-state index contributed by atoms with van der Waals surface area (Å²) in [7, 11) is 0. The molecular weight excluding hydrogens is 459 g/mol. The van der Waals surface area contributed by atoms with Crippen molar-refractivity contribution in [3.8, 4) is 5.75 Å². The zero-order valence-electron chi connectivity index (χ0n) is 14.6. The van der Waals surface area contributed by atoms with Crippen molar-refractivity contribution in [2.24, 2.45) is 0 Å². The molecule has 9 heteroatoms. The minimum atomic E-state index is -0.597. The Morgan fingerprint density at radius 2 is 2.00 bits per heavy atom. The number of ether oxygens (including phenoxy) is 1. The van der Waals surface area contributed by atoms with Gasteiger partial charge in [-0.3, -0.25) is 14.9 Å². The normalized spacial score (nSPS) is 10.6. The summed E-state index contributed by atoms with van der Waals surface area (Å²) in [5, 5.41) is 14.2. The van der Waals surface area contributed by atoms with E-state index in [0.29, 0.717) is 29.5 Å². The number of aryl methyl sites for hydroxylation is 1. The third-order valence-electron chi connectivity index (χ3n) is 3.80. The van der Waals surface area contributed by atoms with E-state index >= 15 is 0 Å². The highest BCUT2D eigenvalue weighted by atomic mass is 79.9. The number of rotatable bonds is 7. The van der Waals surface area contributed by atoms with Gasteiger partial charge >= 0.3 is 0 Å². The first-order valence-corrected chi connectivity index (χ1v) is 9.57. The van der Waals surface area contributed by atoms with Gasteiger partial charge in [0.2, 0.25) is 5.91 Å². The predicted molar refractivity (Wildman–Crippen MR) is 110 cm³/mol. The molecule has 1 amide bonds. The van der Waals surface area contributed by atoms with E-state index < -0.39 is 4.92 Å². The quantitative estimate of drug-likeness (QED) is 0.299. The second kappa shape index (κ2) is 9.39. The van der Waals surface area contributed by atoms with Gasteiger partial charge in [0, 0.05) is 23.2 Å². The minimum absolute atomic E-state index is 0.0190. The van der Waals surface area contributed by atoms with Gasteiger partial charge in [0.1, 0.15) is 10.8 Å². The highest BCUT2D eigenvalue weighted by Gasteiger charge is 2.14. The number of carbonyl (C=O) groups excluding carboxylic acids is 1. The molecule has 2 aromatic carbocycles. The van der Waals surface area contributed by atoms with Crippen LogP contribution in [0.1, 0.15) is 24.0 Å². The predicted octanol–water partition coefficient (Wildman–Crippen LogP) is 6.08. The Bertz CT molecular complexity index is 890. The van der Waals surface area contributed by atoms with Crippen molar-refractivity contribution in [2.45, 2.75) is 26.7 Å². The lowest BCUT2D eigenvalue weighted by atomic mass is 10.1. The van der Waals surface area contributed by atoms with E-state index in [1.165, 1.54) is 18.2 Å². The molecule has 2 aromatic rings. The Labute approximate surface area is 175 Å². The first-order valence-electron chi connectivity index (χ1n) is 8.02. The van der Waals surface area contributed by atoms with Crippen LogP contribution in [0.3, 0.4) is 0 Å². The number of carbonyl (C=O) groups is 1. The third-order valence-corrected chi connectivity index (χ3v) is 5.69. The van der Waals surface area contributed by atoms with E-state index in [-0.39, 0.29) is 23.0 Å². The number of nitrogens with zero attached hydrogens (tertiary/aromatic N) is 1. The first-order chi connectivity index (χ1) is 12.7. The molecule has 6 nitrogen and oxygen atoms in total. The molecule has 144 valence electrons. The second-order valence-electron chi connectivity index (χ2n) is 5.87. The molecule has 0 aliphatic rings. The lowest BCUT2D eigenvalue weighted by Gasteiger charge is -2.13. The van der Waals surface area contributed by atoms with Crippen LogP contribution in [-0.4, -0.2) is 17.4 Å². The van der Waals surface area contributed by atoms with Gasteiger partial charge in [0.15, 0.2) is 0 Å². The summed E-state index contributed by atoms with van der Waals surface area (Å²) < 4.78 is 6.52. The molecular formula is C18H17BrCl2N2O4. The number of anilines is 1. The molecule has 0 bridgehead atoms. The van der Waals surface area contributed by atoms with Gasteiger partial charge in [0.25, 0.3) is 5.69 Å². The minimum Gasteiger partial charge on any atom is -0.492 e. The molecule has 0 atom stereocenters. The molecule has 0 saturated carbocycles. The number of hydrogen-bond acceptors (Lipinski definition) is 4. The molecule has 0 aliphatic carbocycles. The van der Waals surface area contributed by atoms with Crippen LogP contribution in [0.5, 0.6) is 5.75 Å². The zero-order chi connectivity index (χ0) is 20.1. The van der Waals surface area contributed by atoms with E-state index in [0.717, 1.165) is 15.6 Å². The van der Waals surface area contributed by atoms with Gasteiger partial charge in [-0.1, -0.05) is 23.2 Å². The molecule has 0 saturated heterocycles. The molecule has 2 rings (SSSR count). The summed E-state index contributed by atoms with van der Waals surface area (Å²) in [4.78, 5) is 22.3. The SMILES string of the molecule is Cc1cc(OCCCC(=O)Nc2ccc(Cl)c([N+](=O)[O-])c2)c(Br)c(C)c1Cl. The molecule has 0 radical (unpaired) electrons. The van der Waals surface area contributed by atoms with E-state index in [9.17, 15) is 14.9 Å². The average molecular weight is 476 g/mol. The summed E-state index contributed by atoms with van der Waals surface area (Å²) in [5.74, 6) is 0.404. The van der Waals surface area contributed by atoms with Crippen molar-refractivity contribution >= 4 is 56.4 Å². The van der Waals surface area contributed by atoms with Crippen LogP contribution in [0.25, 0.3) is 0 Å². The fourth-order valence-electron chi connectivity index (χ4n) is 2.37. The molecule has 0 aromatic heterocycles. The van der Waals surface area contributed by atoms with Gasteiger partial charge in [-0.05, 0) is 65.5 Å². The molecule has 0 aliphatic heterocycles. The Morgan fingerprint density at radius 1 is 1.30 bits per heavy atom. The largest absolute Gasteiger partial charge is 0.492 e. The van der Waals surface area contributed by atoms with Gasteiger partial charge < -0.3 is 10.1 Å². The van der Waals surface area contributed by atoms with E-state index in [1.54, 1.807) is 0 Å². The zero-order valence-corrected chi connectivity index (χ0v) is 17.7. The third kappa shape index (κ3) is 5.57. The number of benzene rings is 2. The van der Waals surface area contributed by atoms with Crippen molar-refractivity contribution in [3.05, 3.63) is 60.0 Å². The van der Waals surface area contributed by atoms with Crippen LogP contribution in [-0.2, 0) is 4.79 Å². The van der Waals surface area contributed by atoms with Crippen LogP contribution in [0.15, 0.2) is 28.7 Å². The summed E-state index contributed by atoms with van der Waals surface area (Å²) in [5.41, 5.74) is 1.88. The maximum atomic E-state index is 12.0. The van der Waals surface area contributed by atoms with Gasteiger partial charge in [-0.2, -0.15) is 0 Å². The number of amides is 1. The maximum absolute atomic E-state index is 12.0. The number of halogens is 3. The van der Waals surface area contributed by atoms with Crippen molar-refractivity contribution in [2.75, 3.05) is 11.9 Å². The van der Waals surface area contributed by atoms with Crippen LogP contribution >= 0.6 is 39.1 Å². The summed E-state index contributed by atoms with van der Waals surface area (Å²) in [6.45, 7) is 4.13. The monoisotopic (exact) mass is 474 g/mol. The highest BCUT2D eigenvalue weighted by molar-refractivity contribution is 9.10. The average Bonchev–Trinajstić information content (AvgIpc) is 2.62. The Kier molecular flexibility index (Phi) is 7.47.